The molecule has 4 N–H and O–H groups in total. The van der Waals surface area contributed by atoms with Gasteiger partial charge in [0.1, 0.15) is 30.1 Å². The molecule has 1 aromatic heterocycles. The summed E-state index contributed by atoms with van der Waals surface area (Å²) < 4.78 is 23.8. The van der Waals surface area contributed by atoms with Gasteiger partial charge in [0, 0.05) is 62.7 Å². The normalized spacial score (nSPS) is 39.1. The molecule has 14 nitrogen and oxygen atoms in total. The highest BCUT2D eigenvalue weighted by Gasteiger charge is 2.53. The van der Waals surface area contributed by atoms with Crippen molar-refractivity contribution in [3.63, 3.8) is 0 Å². The summed E-state index contributed by atoms with van der Waals surface area (Å²) in [7, 11) is 2.95. The molecule has 0 radical (unpaired) electrons. The fraction of sp³-hybridized carbons (Fsp3) is 0.685. The number of aromatic amines is 1. The SMILES string of the molecule is CO[C@@H]1C[C@H](C[C@@H](C)[C@@H]2CC(=O)[C@H](C)/C=C(\C)[C@@H](O)[C@@H](OC)C(=O)[C@H](C)C[C@H](C)/C=C/C=C/C=C(\C)C(c3ccc[nH]3)C[C@@H]3CC[C@@H](C)[C@@](O)(O3)C(=O)C(=O)N3CCCC[C@H]3C(=O)O2)CC[C@H]1O. The molecule has 3 fully saturated rings. The molecule has 14 heteroatoms. The monoisotopic (exact) mass is 949 g/mol. The predicted molar refractivity (Wildman–Crippen MR) is 258 cm³/mol. The number of Topliss-reactive ketones (excluding diaryl/α,β-unsaturated/α-hetero) is 3. The Morgan fingerprint density at radius 1 is 0.897 bits per heavy atom. The van der Waals surface area contributed by atoms with Crippen LogP contribution >= 0.6 is 0 Å². The van der Waals surface area contributed by atoms with E-state index >= 15 is 0 Å². The van der Waals surface area contributed by atoms with E-state index in [1.165, 1.54) is 12.0 Å². The van der Waals surface area contributed by atoms with Gasteiger partial charge in [-0.25, -0.2) is 4.79 Å². The molecule has 5 rings (SSSR count). The molecule has 4 heterocycles. The average Bonchev–Trinajstić information content (AvgIpc) is 3.86. The van der Waals surface area contributed by atoms with Gasteiger partial charge >= 0.3 is 5.97 Å². The second kappa shape index (κ2) is 25.2. The number of H-pyrrole nitrogens is 1. The lowest BCUT2D eigenvalue weighted by atomic mass is 9.78. The largest absolute Gasteiger partial charge is 0.460 e. The summed E-state index contributed by atoms with van der Waals surface area (Å²) in [5.74, 6) is -8.09. The first-order chi connectivity index (χ1) is 32.3. The van der Waals surface area contributed by atoms with Crippen molar-refractivity contribution in [1.29, 1.82) is 0 Å². The summed E-state index contributed by atoms with van der Waals surface area (Å²) in [6.07, 6.45) is 13.9. The Bertz CT molecular complexity index is 1990. The number of nitrogens with zero attached hydrogens (tertiary/aromatic N) is 1. The first kappa shape index (κ1) is 54.9. The van der Waals surface area contributed by atoms with Crippen LogP contribution in [-0.4, -0.2) is 124 Å². The van der Waals surface area contributed by atoms with E-state index in [4.69, 9.17) is 18.9 Å². The van der Waals surface area contributed by atoms with Gasteiger partial charge in [0.2, 0.25) is 5.79 Å². The lowest BCUT2D eigenvalue weighted by Crippen LogP contribution is -2.60. The van der Waals surface area contributed by atoms with E-state index in [1.54, 1.807) is 34.0 Å². The van der Waals surface area contributed by atoms with Crippen LogP contribution in [-0.2, 0) is 42.9 Å². The number of cyclic esters (lactones) is 1. The standard InChI is InChI=1S/C54H80N2O12/c1-32-16-11-10-12-17-33(2)41(42-18-15-24-55-42)30-40-22-20-38(7)54(64,68-40)51(61)52(62)56-25-14-13-19-43(56)53(63)67-46(35(4)28-39-21-23-44(57)47(29-39)65-8)31-45(58)34(3)27-37(6)49(60)50(66-9)48(59)36(5)26-32/h10-12,15-18,24,27,32,34-36,38-41,43-44,46-47,49-50,55,57,60,64H,13-14,19-23,25-26,28-31H2,1-9H3/b12-10+,16-11+,33-17+,37-27+/t32-,34-,35-,36-,38-,39+,40+,41?,43+,44-,46+,47-,49-,50+,54-/m1/s1. The molecule has 4 aliphatic rings. The van der Waals surface area contributed by atoms with E-state index in [1.807, 2.05) is 76.4 Å². The zero-order chi connectivity index (χ0) is 49.9. The Kier molecular flexibility index (Phi) is 20.3. The zero-order valence-electron chi connectivity index (χ0n) is 41.9. The van der Waals surface area contributed by atoms with Gasteiger partial charge in [-0.15, -0.1) is 0 Å². The third kappa shape index (κ3) is 13.8. The molecule has 2 saturated heterocycles. The number of fused-ring (bicyclic) bond motifs is 3. The second-order valence-corrected chi connectivity index (χ2v) is 20.5. The van der Waals surface area contributed by atoms with Gasteiger partial charge in [-0.05, 0) is 120 Å². The van der Waals surface area contributed by atoms with Crippen LogP contribution in [0, 0.1) is 35.5 Å². The van der Waals surface area contributed by atoms with E-state index in [0.29, 0.717) is 63.4 Å². The summed E-state index contributed by atoms with van der Waals surface area (Å²) in [6.45, 7) is 12.9. The van der Waals surface area contributed by atoms with Gasteiger partial charge in [0.15, 0.2) is 5.78 Å². The van der Waals surface area contributed by atoms with E-state index < -0.39 is 77.8 Å². The van der Waals surface area contributed by atoms with E-state index in [-0.39, 0.29) is 60.7 Å². The predicted octanol–water partition coefficient (Wildman–Crippen LogP) is 7.28. The number of piperidine rings is 1. The molecular weight excluding hydrogens is 869 g/mol. The van der Waals surface area contributed by atoms with Gasteiger partial charge in [-0.3, -0.25) is 19.2 Å². The van der Waals surface area contributed by atoms with Crippen LogP contribution < -0.4 is 0 Å². The van der Waals surface area contributed by atoms with Crippen molar-refractivity contribution in [2.24, 2.45) is 35.5 Å². The molecule has 1 aliphatic carbocycles. The molecule has 1 saturated carbocycles. The van der Waals surface area contributed by atoms with Crippen molar-refractivity contribution in [1.82, 2.24) is 9.88 Å². The molecule has 1 unspecified atom stereocenters. The smallest absolute Gasteiger partial charge is 0.329 e. The van der Waals surface area contributed by atoms with Crippen molar-refractivity contribution in [3.05, 3.63) is 71.6 Å². The quantitative estimate of drug-likeness (QED) is 0.126. The number of ketones is 3. The maximum atomic E-state index is 14.5. The number of nitrogens with one attached hydrogen (secondary N) is 1. The number of hydrogen-bond acceptors (Lipinski definition) is 12. The summed E-state index contributed by atoms with van der Waals surface area (Å²) in [5.41, 5.74) is 2.32. The average molecular weight is 949 g/mol. The van der Waals surface area contributed by atoms with Gasteiger partial charge in [0.05, 0.1) is 18.3 Å². The van der Waals surface area contributed by atoms with Crippen LogP contribution in [0.1, 0.15) is 137 Å². The highest BCUT2D eigenvalue weighted by Crippen LogP contribution is 2.40. The Hall–Kier alpha value is -4.05. The van der Waals surface area contributed by atoms with E-state index in [9.17, 15) is 39.3 Å². The lowest BCUT2D eigenvalue weighted by Gasteiger charge is -2.43. The Labute approximate surface area is 404 Å². The second-order valence-electron chi connectivity index (χ2n) is 20.5. The molecule has 2 bridgehead atoms. The molecule has 0 spiro atoms. The maximum absolute atomic E-state index is 14.5. The molecule has 68 heavy (non-hydrogen) atoms. The first-order valence-corrected chi connectivity index (χ1v) is 25.1. The summed E-state index contributed by atoms with van der Waals surface area (Å²) in [4.78, 5) is 75.7. The molecule has 3 aliphatic heterocycles. The summed E-state index contributed by atoms with van der Waals surface area (Å²) in [6, 6.07) is 2.75. The highest BCUT2D eigenvalue weighted by atomic mass is 16.6. The van der Waals surface area contributed by atoms with Gasteiger partial charge in [-0.2, -0.15) is 0 Å². The van der Waals surface area contributed by atoms with Crippen LogP contribution in [0.2, 0.25) is 0 Å². The topological polar surface area (TPSA) is 202 Å². The first-order valence-electron chi connectivity index (χ1n) is 25.1. The van der Waals surface area contributed by atoms with Crippen LogP contribution in [0.5, 0.6) is 0 Å². The lowest BCUT2D eigenvalue weighted by molar-refractivity contribution is -0.264. The zero-order valence-corrected chi connectivity index (χ0v) is 41.9. The van der Waals surface area contributed by atoms with Crippen LogP contribution in [0.15, 0.2) is 65.9 Å². The number of carbonyl (C=O) groups excluding carboxylic acids is 5. The fourth-order valence-corrected chi connectivity index (χ4v) is 10.8. The van der Waals surface area contributed by atoms with Crippen LogP contribution in [0.3, 0.4) is 0 Å². The molecule has 0 aromatic carbocycles. The Morgan fingerprint density at radius 3 is 2.34 bits per heavy atom. The third-order valence-corrected chi connectivity index (χ3v) is 15.3. The Morgan fingerprint density at radius 2 is 1.65 bits per heavy atom. The number of aromatic nitrogens is 1. The van der Waals surface area contributed by atoms with Crippen LogP contribution in [0.25, 0.3) is 0 Å². The third-order valence-electron chi connectivity index (χ3n) is 15.3. The molecule has 15 atom stereocenters. The van der Waals surface area contributed by atoms with Crippen molar-refractivity contribution in [3.8, 4) is 0 Å². The van der Waals surface area contributed by atoms with Crippen LogP contribution in [0.4, 0.5) is 0 Å². The number of rotatable bonds is 6. The van der Waals surface area contributed by atoms with Gasteiger partial charge in [0.25, 0.3) is 11.7 Å². The van der Waals surface area contributed by atoms with Crippen molar-refractivity contribution in [2.75, 3.05) is 20.8 Å². The highest BCUT2D eigenvalue weighted by molar-refractivity contribution is 6.39. The summed E-state index contributed by atoms with van der Waals surface area (Å²) >= 11 is 0. The van der Waals surface area contributed by atoms with E-state index in [2.05, 4.69) is 4.98 Å². The minimum absolute atomic E-state index is 0.0193. The number of ether oxygens (including phenoxy) is 4. The van der Waals surface area contributed by atoms with E-state index in [0.717, 1.165) is 17.7 Å². The number of allylic oxidation sites excluding steroid dienone is 7. The number of aliphatic hydroxyl groups excluding tert-OH is 2. The molecule has 1 amide bonds. The van der Waals surface area contributed by atoms with Crippen molar-refractivity contribution >= 4 is 29.2 Å². The number of amides is 1. The van der Waals surface area contributed by atoms with Crippen molar-refractivity contribution < 1.29 is 58.2 Å². The minimum Gasteiger partial charge on any atom is -0.460 e. The fourth-order valence-electron chi connectivity index (χ4n) is 10.8. The Balaban J connectivity index is 1.49. The minimum atomic E-state index is -2.43. The number of esters is 1. The number of methoxy groups -OCH3 is 2. The molecular formula is C54H80N2O12. The number of hydrogen-bond donors (Lipinski definition) is 4. The maximum Gasteiger partial charge on any atom is 0.329 e. The number of aliphatic hydroxyl groups is 3. The molecule has 378 valence electrons. The van der Waals surface area contributed by atoms with Gasteiger partial charge in [-0.1, -0.05) is 76.6 Å². The summed E-state index contributed by atoms with van der Waals surface area (Å²) in [5, 5.41) is 34.1. The van der Waals surface area contributed by atoms with Gasteiger partial charge < -0.3 is 44.2 Å². The van der Waals surface area contributed by atoms with Crippen molar-refractivity contribution in [2.45, 2.75) is 180 Å². The number of carbonyl (C=O) groups is 5. The molecule has 1 aromatic rings.